The van der Waals surface area contributed by atoms with Gasteiger partial charge in [0.15, 0.2) is 5.96 Å². The minimum absolute atomic E-state index is 0.100. The number of carbonyl (C=O) groups excluding carboxylic acids is 1. The highest BCUT2D eigenvalue weighted by Crippen LogP contribution is 2.35. The van der Waals surface area contributed by atoms with Crippen molar-refractivity contribution in [3.05, 3.63) is 89.3 Å². The average Bonchev–Trinajstić information content (AvgIpc) is 3.29. The van der Waals surface area contributed by atoms with Gasteiger partial charge in [0, 0.05) is 57.2 Å². The minimum atomic E-state index is -0.100. The summed E-state index contributed by atoms with van der Waals surface area (Å²) >= 11 is 0. The van der Waals surface area contributed by atoms with Crippen LogP contribution in [-0.4, -0.2) is 79.8 Å². The van der Waals surface area contributed by atoms with E-state index < -0.39 is 0 Å². The van der Waals surface area contributed by atoms with Gasteiger partial charge in [-0.3, -0.25) is 15.2 Å². The fourth-order valence-electron chi connectivity index (χ4n) is 6.11. The Kier molecular flexibility index (Phi) is 8.69. The fraction of sp³-hybridized carbons (Fsp3) is 0.452. The zero-order valence-electron chi connectivity index (χ0n) is 23.8. The first kappa shape index (κ1) is 27.7. The van der Waals surface area contributed by atoms with Gasteiger partial charge in [0.1, 0.15) is 6.33 Å². The van der Waals surface area contributed by atoms with Crippen molar-refractivity contribution in [3.63, 3.8) is 0 Å². The van der Waals surface area contributed by atoms with Crippen LogP contribution in [0.1, 0.15) is 65.1 Å². The van der Waals surface area contributed by atoms with Crippen LogP contribution in [0.4, 0.5) is 0 Å². The molecule has 1 aromatic carbocycles. The number of hydrogen-bond donors (Lipinski definition) is 2. The summed E-state index contributed by atoms with van der Waals surface area (Å²) in [5, 5.41) is 12.2. The van der Waals surface area contributed by atoms with Gasteiger partial charge in [-0.15, -0.1) is 0 Å². The summed E-state index contributed by atoms with van der Waals surface area (Å²) in [4.78, 5) is 32.4. The maximum Gasteiger partial charge on any atom is 0.254 e. The van der Waals surface area contributed by atoms with Crippen molar-refractivity contribution in [2.24, 2.45) is 0 Å². The van der Waals surface area contributed by atoms with Gasteiger partial charge in [0.25, 0.3) is 5.91 Å². The van der Waals surface area contributed by atoms with E-state index >= 15 is 0 Å². The quantitative estimate of drug-likeness (QED) is 0.424. The number of rotatable bonds is 9. The zero-order valence-corrected chi connectivity index (χ0v) is 23.8. The number of amides is 1. The van der Waals surface area contributed by atoms with Crippen LogP contribution < -0.4 is 5.32 Å². The van der Waals surface area contributed by atoms with Crippen molar-refractivity contribution >= 4 is 11.9 Å². The highest BCUT2D eigenvalue weighted by molar-refractivity contribution is 5.96. The van der Waals surface area contributed by atoms with E-state index in [2.05, 4.69) is 78.3 Å². The number of benzene rings is 1. The summed E-state index contributed by atoms with van der Waals surface area (Å²) in [6.07, 6.45) is 8.10. The largest absolute Gasteiger partial charge is 0.352 e. The molecule has 5 rings (SSSR count). The first-order valence-electron chi connectivity index (χ1n) is 14.3. The Bertz CT molecular complexity index is 1270. The summed E-state index contributed by atoms with van der Waals surface area (Å²) in [7, 11) is 0. The van der Waals surface area contributed by atoms with Crippen LogP contribution in [0.15, 0.2) is 61.2 Å². The van der Waals surface area contributed by atoms with Crippen molar-refractivity contribution in [1.82, 2.24) is 35.0 Å². The molecule has 0 bridgehead atoms. The molecule has 1 unspecified atom stereocenters. The zero-order chi connectivity index (χ0) is 28.1. The summed E-state index contributed by atoms with van der Waals surface area (Å²) in [5.41, 5.74) is 4.39. The molecule has 4 heterocycles. The number of nitrogens with zero attached hydrogens (tertiary/aromatic N) is 6. The van der Waals surface area contributed by atoms with Crippen LogP contribution in [0.3, 0.4) is 0 Å². The van der Waals surface area contributed by atoms with Gasteiger partial charge in [-0.05, 0) is 57.2 Å². The Morgan fingerprint density at radius 3 is 2.48 bits per heavy atom. The maximum atomic E-state index is 12.7. The van der Waals surface area contributed by atoms with E-state index in [1.807, 2.05) is 26.1 Å². The second-order valence-corrected chi connectivity index (χ2v) is 11.0. The van der Waals surface area contributed by atoms with Crippen LogP contribution >= 0.6 is 0 Å². The molecule has 40 heavy (non-hydrogen) atoms. The van der Waals surface area contributed by atoms with E-state index in [0.717, 1.165) is 44.5 Å². The van der Waals surface area contributed by atoms with Gasteiger partial charge in [-0.2, -0.15) is 0 Å². The first-order valence-corrected chi connectivity index (χ1v) is 14.3. The Hall–Kier alpha value is -3.85. The highest BCUT2D eigenvalue weighted by atomic mass is 16.1. The number of likely N-dealkylation sites (tertiary alicyclic amines) is 1. The lowest BCUT2D eigenvalue weighted by Gasteiger charge is -2.42. The van der Waals surface area contributed by atoms with Crippen molar-refractivity contribution in [2.45, 2.75) is 64.7 Å². The molecule has 2 aromatic heterocycles. The molecule has 0 saturated carbocycles. The molecule has 210 valence electrons. The third-order valence-electron chi connectivity index (χ3n) is 8.37. The monoisotopic (exact) mass is 540 g/mol. The molecule has 2 N–H and O–H groups in total. The average molecular weight is 541 g/mol. The van der Waals surface area contributed by atoms with Crippen molar-refractivity contribution < 1.29 is 4.79 Å². The lowest BCUT2D eigenvalue weighted by molar-refractivity contribution is 0.0929. The number of guanidine groups is 1. The molecule has 2 fully saturated rings. The summed E-state index contributed by atoms with van der Waals surface area (Å²) < 4.78 is 0. The van der Waals surface area contributed by atoms with Gasteiger partial charge in [0.05, 0.1) is 23.0 Å². The molecule has 2 saturated heterocycles. The van der Waals surface area contributed by atoms with Crippen LogP contribution in [-0.2, 0) is 6.54 Å². The number of piperidine rings is 1. The third kappa shape index (κ3) is 6.14. The third-order valence-corrected chi connectivity index (χ3v) is 8.37. The van der Waals surface area contributed by atoms with Crippen molar-refractivity contribution in [3.8, 4) is 0 Å². The molecule has 2 aliphatic rings. The molecular weight excluding hydrogens is 500 g/mol. The van der Waals surface area contributed by atoms with E-state index in [9.17, 15) is 4.79 Å². The Morgan fingerprint density at radius 1 is 1.07 bits per heavy atom. The van der Waals surface area contributed by atoms with E-state index in [4.69, 9.17) is 5.41 Å². The molecule has 0 radical (unpaired) electrons. The second-order valence-electron chi connectivity index (χ2n) is 11.0. The SMILES string of the molecule is Cc1ncnc(C)c1C(=O)NCCC(C)N1CCC(N2C(=N)N(Cc3cccnc3)C[C@H]2c2ccccc2)CC1. The lowest BCUT2D eigenvalue weighted by atomic mass is 9.98. The minimum Gasteiger partial charge on any atom is -0.352 e. The number of aryl methyl sites for hydroxylation is 2. The van der Waals surface area contributed by atoms with Crippen molar-refractivity contribution in [2.75, 3.05) is 26.2 Å². The number of hydrogen-bond acceptors (Lipinski definition) is 6. The normalized spacial score (nSPS) is 19.2. The van der Waals surface area contributed by atoms with Gasteiger partial charge in [-0.1, -0.05) is 36.4 Å². The van der Waals surface area contributed by atoms with Gasteiger partial charge >= 0.3 is 0 Å². The molecule has 9 nitrogen and oxygen atoms in total. The summed E-state index contributed by atoms with van der Waals surface area (Å²) in [6.45, 7) is 10.0. The predicted molar refractivity (Wildman–Crippen MR) is 156 cm³/mol. The first-order chi connectivity index (χ1) is 19.4. The molecule has 0 spiro atoms. The summed E-state index contributed by atoms with van der Waals surface area (Å²) in [5.74, 6) is 0.513. The number of pyridine rings is 1. The topological polar surface area (TPSA) is 101 Å². The molecule has 2 aliphatic heterocycles. The van der Waals surface area contributed by atoms with Crippen LogP contribution in [0.2, 0.25) is 0 Å². The molecule has 3 aromatic rings. The molecule has 0 aliphatic carbocycles. The number of aromatic nitrogens is 3. The Balaban J connectivity index is 1.17. The van der Waals surface area contributed by atoms with Crippen LogP contribution in [0.5, 0.6) is 0 Å². The summed E-state index contributed by atoms with van der Waals surface area (Å²) in [6, 6.07) is 15.5. The Morgan fingerprint density at radius 2 is 1.80 bits per heavy atom. The Labute approximate surface area is 237 Å². The van der Waals surface area contributed by atoms with Gasteiger partial charge in [-0.25, -0.2) is 9.97 Å². The number of nitrogens with one attached hydrogen (secondary N) is 2. The van der Waals surface area contributed by atoms with Gasteiger partial charge < -0.3 is 20.0 Å². The molecular formula is C31H40N8O. The lowest BCUT2D eigenvalue weighted by Crippen LogP contribution is -2.49. The van der Waals surface area contributed by atoms with E-state index in [-0.39, 0.29) is 11.9 Å². The van der Waals surface area contributed by atoms with E-state index in [1.165, 1.54) is 11.9 Å². The molecule has 2 atom stereocenters. The van der Waals surface area contributed by atoms with Gasteiger partial charge in [0.2, 0.25) is 0 Å². The smallest absolute Gasteiger partial charge is 0.254 e. The van der Waals surface area contributed by atoms with E-state index in [1.54, 1.807) is 6.20 Å². The fourth-order valence-corrected chi connectivity index (χ4v) is 6.11. The molecule has 9 heteroatoms. The maximum absolute atomic E-state index is 12.7. The van der Waals surface area contributed by atoms with Crippen LogP contribution in [0, 0.1) is 19.3 Å². The molecule has 1 amide bonds. The van der Waals surface area contributed by atoms with Crippen LogP contribution in [0.25, 0.3) is 0 Å². The van der Waals surface area contributed by atoms with Crippen molar-refractivity contribution in [1.29, 1.82) is 5.41 Å². The van der Waals surface area contributed by atoms with E-state index in [0.29, 0.717) is 48.1 Å². The number of carbonyl (C=O) groups is 1. The highest BCUT2D eigenvalue weighted by Gasteiger charge is 2.40. The standard InChI is InChI=1S/C31H40N8O/c1-22(11-15-34-30(40)29-23(2)35-21-36-24(29)3)37-16-12-27(13-17-37)39-28(26-9-5-4-6-10-26)20-38(31(39)32)19-25-8-7-14-33-18-25/h4-10,14,18,21-22,27-28,32H,11-13,15-17,19-20H2,1-3H3,(H,34,40)/t22?,28-/m0/s1. The predicted octanol–water partition coefficient (Wildman–Crippen LogP) is 3.96. The second kappa shape index (κ2) is 12.6.